The second-order valence-electron chi connectivity index (χ2n) is 7.74. The van der Waals surface area contributed by atoms with Gasteiger partial charge in [-0.1, -0.05) is 20.8 Å². The summed E-state index contributed by atoms with van der Waals surface area (Å²) in [6, 6.07) is 0.933. The predicted molar refractivity (Wildman–Crippen MR) is 84.4 cm³/mol. The largest absolute Gasteiger partial charge is 0.326 e. The lowest BCUT2D eigenvalue weighted by atomic mass is 9.69. The number of nitrogens with two attached hydrogens (primary N) is 1. The monoisotopic (exact) mass is 269 g/mol. The number of hydrogen-bond donors (Lipinski definition) is 1. The molecule has 0 heterocycles. The van der Waals surface area contributed by atoms with Gasteiger partial charge in [-0.3, -0.25) is 0 Å². The van der Waals surface area contributed by atoms with E-state index in [0.29, 0.717) is 17.5 Å². The molecule has 3 atom stereocenters. The second-order valence-corrected chi connectivity index (χ2v) is 7.74. The highest BCUT2D eigenvalue weighted by Crippen LogP contribution is 2.38. The molecule has 0 aromatic heterocycles. The first kappa shape index (κ1) is 16.9. The first-order valence-corrected chi connectivity index (χ1v) is 7.82. The molecule has 114 valence electrons. The molecule has 0 spiro atoms. The maximum Gasteiger partial charge on any atom is 0.0246 e. The molecule has 3 heteroatoms. The molecule has 1 rings (SSSR count). The first-order valence-electron chi connectivity index (χ1n) is 7.82. The molecule has 0 aliphatic heterocycles. The molecule has 1 aliphatic rings. The number of hydrogen-bond acceptors (Lipinski definition) is 3. The Bertz CT molecular complexity index is 257. The lowest BCUT2D eigenvalue weighted by molar-refractivity contribution is 0.0825. The molecule has 1 fully saturated rings. The standard InChI is InChI=1S/C16H35N3/c1-16(2,3)13-8-9-14(17)15(12-13)19(6)11-7-10-18(4)5/h13-15H,7-12,17H2,1-6H3. The Hall–Kier alpha value is -0.120. The summed E-state index contributed by atoms with van der Waals surface area (Å²) in [7, 11) is 6.54. The lowest BCUT2D eigenvalue weighted by Gasteiger charge is -2.44. The highest BCUT2D eigenvalue weighted by atomic mass is 15.2. The van der Waals surface area contributed by atoms with Crippen LogP contribution in [0.25, 0.3) is 0 Å². The van der Waals surface area contributed by atoms with Crippen molar-refractivity contribution in [3.05, 3.63) is 0 Å². The smallest absolute Gasteiger partial charge is 0.0246 e. The Labute approximate surface area is 120 Å². The Balaban J connectivity index is 2.49. The quantitative estimate of drug-likeness (QED) is 0.832. The highest BCUT2D eigenvalue weighted by Gasteiger charge is 2.35. The van der Waals surface area contributed by atoms with Gasteiger partial charge in [0.25, 0.3) is 0 Å². The van der Waals surface area contributed by atoms with Gasteiger partial charge in [-0.05, 0) is 71.2 Å². The summed E-state index contributed by atoms with van der Waals surface area (Å²) in [5, 5.41) is 0. The molecule has 0 amide bonds. The molecule has 0 bridgehead atoms. The Morgan fingerprint density at radius 1 is 1.05 bits per heavy atom. The van der Waals surface area contributed by atoms with Gasteiger partial charge in [0.2, 0.25) is 0 Å². The third kappa shape index (κ3) is 5.41. The second kappa shape index (κ2) is 7.05. The first-order chi connectivity index (χ1) is 8.71. The van der Waals surface area contributed by atoms with Crippen molar-refractivity contribution in [2.45, 2.75) is 58.5 Å². The van der Waals surface area contributed by atoms with Gasteiger partial charge in [0.05, 0.1) is 0 Å². The average molecular weight is 269 g/mol. The molecule has 0 aromatic carbocycles. The summed E-state index contributed by atoms with van der Waals surface area (Å²) < 4.78 is 0. The Morgan fingerprint density at radius 3 is 2.21 bits per heavy atom. The van der Waals surface area contributed by atoms with Gasteiger partial charge in [-0.2, -0.15) is 0 Å². The van der Waals surface area contributed by atoms with Gasteiger partial charge in [0.15, 0.2) is 0 Å². The Morgan fingerprint density at radius 2 is 1.68 bits per heavy atom. The number of nitrogens with zero attached hydrogens (tertiary/aromatic N) is 2. The van der Waals surface area contributed by atoms with E-state index in [9.17, 15) is 0 Å². The average Bonchev–Trinajstić information content (AvgIpc) is 2.27. The molecule has 0 radical (unpaired) electrons. The zero-order chi connectivity index (χ0) is 14.6. The van der Waals surface area contributed by atoms with Crippen LogP contribution in [0.15, 0.2) is 0 Å². The van der Waals surface area contributed by atoms with E-state index in [4.69, 9.17) is 5.73 Å². The van der Waals surface area contributed by atoms with Crippen molar-refractivity contribution in [2.24, 2.45) is 17.1 Å². The minimum Gasteiger partial charge on any atom is -0.326 e. The normalized spacial score (nSPS) is 29.2. The summed E-state index contributed by atoms with van der Waals surface area (Å²) >= 11 is 0. The molecule has 3 nitrogen and oxygen atoms in total. The van der Waals surface area contributed by atoms with Crippen LogP contribution >= 0.6 is 0 Å². The van der Waals surface area contributed by atoms with Crippen LogP contribution in [0.4, 0.5) is 0 Å². The van der Waals surface area contributed by atoms with Crippen molar-refractivity contribution in [1.82, 2.24) is 9.80 Å². The van der Waals surface area contributed by atoms with E-state index in [0.717, 1.165) is 19.0 Å². The van der Waals surface area contributed by atoms with Gasteiger partial charge >= 0.3 is 0 Å². The zero-order valence-electron chi connectivity index (χ0n) is 13.9. The van der Waals surface area contributed by atoms with Gasteiger partial charge in [0.1, 0.15) is 0 Å². The van der Waals surface area contributed by atoms with E-state index < -0.39 is 0 Å². The van der Waals surface area contributed by atoms with Crippen molar-refractivity contribution in [1.29, 1.82) is 0 Å². The van der Waals surface area contributed by atoms with Gasteiger partial charge in [0, 0.05) is 12.1 Å². The van der Waals surface area contributed by atoms with E-state index in [2.05, 4.69) is 51.7 Å². The van der Waals surface area contributed by atoms with Gasteiger partial charge in [-0.15, -0.1) is 0 Å². The van der Waals surface area contributed by atoms with Crippen molar-refractivity contribution >= 4 is 0 Å². The van der Waals surface area contributed by atoms with Crippen molar-refractivity contribution in [3.8, 4) is 0 Å². The van der Waals surface area contributed by atoms with E-state index in [1.54, 1.807) is 0 Å². The van der Waals surface area contributed by atoms with E-state index >= 15 is 0 Å². The highest BCUT2D eigenvalue weighted by molar-refractivity contribution is 4.91. The van der Waals surface area contributed by atoms with Gasteiger partial charge in [-0.25, -0.2) is 0 Å². The van der Waals surface area contributed by atoms with Crippen molar-refractivity contribution < 1.29 is 0 Å². The van der Waals surface area contributed by atoms with Crippen LogP contribution in [0, 0.1) is 11.3 Å². The molecule has 2 N–H and O–H groups in total. The van der Waals surface area contributed by atoms with E-state index in [1.807, 2.05) is 0 Å². The number of likely N-dealkylation sites (N-methyl/N-ethyl adjacent to an activating group) is 1. The van der Waals surface area contributed by atoms with Gasteiger partial charge < -0.3 is 15.5 Å². The maximum absolute atomic E-state index is 6.36. The minimum absolute atomic E-state index is 0.364. The molecular formula is C16H35N3. The summed E-state index contributed by atoms with van der Waals surface area (Å²) in [5.41, 5.74) is 6.78. The van der Waals surface area contributed by atoms with E-state index in [-0.39, 0.29) is 0 Å². The number of rotatable bonds is 5. The maximum atomic E-state index is 6.36. The fraction of sp³-hybridized carbons (Fsp3) is 1.00. The topological polar surface area (TPSA) is 32.5 Å². The summed E-state index contributed by atoms with van der Waals surface area (Å²) in [6.07, 6.45) is 4.98. The lowest BCUT2D eigenvalue weighted by Crippen LogP contribution is -2.51. The minimum atomic E-state index is 0.364. The molecule has 1 aliphatic carbocycles. The zero-order valence-corrected chi connectivity index (χ0v) is 13.9. The van der Waals surface area contributed by atoms with Crippen LogP contribution in [0.2, 0.25) is 0 Å². The molecule has 0 aromatic rings. The third-order valence-corrected chi connectivity index (χ3v) is 4.78. The third-order valence-electron chi connectivity index (χ3n) is 4.78. The predicted octanol–water partition coefficient (Wildman–Crippen LogP) is 2.41. The van der Waals surface area contributed by atoms with Crippen LogP contribution in [-0.2, 0) is 0 Å². The van der Waals surface area contributed by atoms with Crippen LogP contribution in [-0.4, -0.2) is 56.1 Å². The van der Waals surface area contributed by atoms with Crippen LogP contribution in [0.1, 0.15) is 46.5 Å². The molecular weight excluding hydrogens is 234 g/mol. The van der Waals surface area contributed by atoms with E-state index in [1.165, 1.54) is 25.7 Å². The summed E-state index contributed by atoms with van der Waals surface area (Å²) in [4.78, 5) is 4.76. The van der Waals surface area contributed by atoms with Crippen LogP contribution < -0.4 is 5.73 Å². The molecule has 3 unspecified atom stereocenters. The summed E-state index contributed by atoms with van der Waals surface area (Å²) in [5.74, 6) is 0.814. The van der Waals surface area contributed by atoms with Crippen LogP contribution in [0.5, 0.6) is 0 Å². The molecule has 1 saturated carbocycles. The fourth-order valence-corrected chi connectivity index (χ4v) is 3.27. The molecule has 19 heavy (non-hydrogen) atoms. The van der Waals surface area contributed by atoms with Crippen LogP contribution in [0.3, 0.4) is 0 Å². The van der Waals surface area contributed by atoms with Crippen molar-refractivity contribution in [2.75, 3.05) is 34.2 Å². The Kier molecular flexibility index (Phi) is 6.28. The SMILES string of the molecule is CN(C)CCCN(C)C1CC(C(C)(C)C)CCC1N. The summed E-state index contributed by atoms with van der Waals surface area (Å²) in [6.45, 7) is 9.44. The molecule has 0 saturated heterocycles. The van der Waals surface area contributed by atoms with Crippen molar-refractivity contribution in [3.63, 3.8) is 0 Å². The fourth-order valence-electron chi connectivity index (χ4n) is 3.27.